The third kappa shape index (κ3) is 7.35. The van der Waals surface area contributed by atoms with Crippen LogP contribution >= 0.6 is 24.0 Å². The van der Waals surface area contributed by atoms with Crippen molar-refractivity contribution in [3.05, 3.63) is 24.5 Å². The molecule has 0 amide bonds. The summed E-state index contributed by atoms with van der Waals surface area (Å²) in [6, 6.07) is 3.79. The van der Waals surface area contributed by atoms with Gasteiger partial charge in [-0.15, -0.1) is 24.0 Å². The van der Waals surface area contributed by atoms with Crippen molar-refractivity contribution in [1.29, 1.82) is 0 Å². The number of aliphatic imine (C=N–C) groups is 1. The Bertz CT molecular complexity index is 495. The van der Waals surface area contributed by atoms with Gasteiger partial charge in [-0.25, -0.2) is 0 Å². The van der Waals surface area contributed by atoms with Crippen molar-refractivity contribution < 1.29 is 4.74 Å². The molecule has 25 heavy (non-hydrogen) atoms. The number of rotatable bonds is 8. The Morgan fingerprint density at radius 1 is 1.44 bits per heavy atom. The third-order valence-corrected chi connectivity index (χ3v) is 4.50. The normalized spacial score (nSPS) is 17.5. The zero-order chi connectivity index (χ0) is 17.2. The van der Waals surface area contributed by atoms with Crippen molar-refractivity contribution in [2.45, 2.75) is 20.3 Å². The average molecular weight is 461 g/mol. The third-order valence-electron chi connectivity index (χ3n) is 4.50. The summed E-state index contributed by atoms with van der Waals surface area (Å²) in [5, 5.41) is 3.40. The van der Waals surface area contributed by atoms with Crippen LogP contribution < -0.4 is 10.1 Å². The number of pyridine rings is 1. The lowest BCUT2D eigenvalue weighted by Gasteiger charge is -2.24. The second-order valence-electron chi connectivity index (χ2n) is 6.10. The van der Waals surface area contributed by atoms with E-state index in [0.29, 0.717) is 6.61 Å². The Labute approximate surface area is 169 Å². The van der Waals surface area contributed by atoms with Crippen LogP contribution in [0.5, 0.6) is 5.75 Å². The zero-order valence-corrected chi connectivity index (χ0v) is 18.0. The Hall–Kier alpha value is -1.09. The van der Waals surface area contributed by atoms with Crippen molar-refractivity contribution in [3.63, 3.8) is 0 Å². The minimum atomic E-state index is 0. The van der Waals surface area contributed by atoms with Crippen LogP contribution in [0.25, 0.3) is 0 Å². The fourth-order valence-electron chi connectivity index (χ4n) is 3.12. The SMILES string of the molecule is CCN(CC)CC1CCN(C(=NC)NCCOc2cccnc2)C1.I. The van der Waals surface area contributed by atoms with Gasteiger partial charge in [-0.3, -0.25) is 9.98 Å². The van der Waals surface area contributed by atoms with Crippen molar-refractivity contribution in [1.82, 2.24) is 20.1 Å². The number of hydrogen-bond acceptors (Lipinski definition) is 4. The summed E-state index contributed by atoms with van der Waals surface area (Å²) in [7, 11) is 1.85. The summed E-state index contributed by atoms with van der Waals surface area (Å²) in [5.74, 6) is 2.51. The molecule has 2 rings (SSSR count). The molecule has 1 aliphatic heterocycles. The van der Waals surface area contributed by atoms with Crippen LogP contribution in [0.3, 0.4) is 0 Å². The van der Waals surface area contributed by atoms with Crippen LogP contribution in [0, 0.1) is 5.92 Å². The van der Waals surface area contributed by atoms with Gasteiger partial charge in [0.15, 0.2) is 5.96 Å². The maximum atomic E-state index is 5.66. The molecular formula is C18H32IN5O. The minimum absolute atomic E-state index is 0. The molecule has 1 aromatic heterocycles. The van der Waals surface area contributed by atoms with Gasteiger partial charge in [0, 0.05) is 32.9 Å². The number of likely N-dealkylation sites (tertiary alicyclic amines) is 1. The van der Waals surface area contributed by atoms with Gasteiger partial charge in [0.05, 0.1) is 12.7 Å². The average Bonchev–Trinajstić information content (AvgIpc) is 3.09. The summed E-state index contributed by atoms with van der Waals surface area (Å²) in [6.45, 7) is 11.4. The van der Waals surface area contributed by atoms with E-state index in [0.717, 1.165) is 50.4 Å². The molecule has 2 heterocycles. The highest BCUT2D eigenvalue weighted by atomic mass is 127. The molecule has 0 bridgehead atoms. The van der Waals surface area contributed by atoms with Gasteiger partial charge in [-0.05, 0) is 37.6 Å². The van der Waals surface area contributed by atoms with Crippen LogP contribution in [0.15, 0.2) is 29.5 Å². The highest BCUT2D eigenvalue weighted by Gasteiger charge is 2.25. The van der Waals surface area contributed by atoms with Crippen LogP contribution in [-0.2, 0) is 0 Å². The van der Waals surface area contributed by atoms with E-state index in [-0.39, 0.29) is 24.0 Å². The van der Waals surface area contributed by atoms with E-state index < -0.39 is 0 Å². The molecule has 1 saturated heterocycles. The summed E-state index contributed by atoms with van der Waals surface area (Å²) in [5.41, 5.74) is 0. The molecule has 0 radical (unpaired) electrons. The molecule has 6 nitrogen and oxygen atoms in total. The fraction of sp³-hybridized carbons (Fsp3) is 0.667. The van der Waals surface area contributed by atoms with E-state index in [1.165, 1.54) is 13.0 Å². The number of nitrogens with zero attached hydrogens (tertiary/aromatic N) is 4. The number of guanidine groups is 1. The van der Waals surface area contributed by atoms with E-state index >= 15 is 0 Å². The van der Waals surface area contributed by atoms with Gasteiger partial charge >= 0.3 is 0 Å². The van der Waals surface area contributed by atoms with Crippen LogP contribution in [0.1, 0.15) is 20.3 Å². The van der Waals surface area contributed by atoms with E-state index in [1.807, 2.05) is 19.2 Å². The molecule has 7 heteroatoms. The lowest BCUT2D eigenvalue weighted by atomic mass is 10.1. The van der Waals surface area contributed by atoms with Gasteiger partial charge < -0.3 is 19.9 Å². The first-order valence-corrected chi connectivity index (χ1v) is 8.97. The maximum Gasteiger partial charge on any atom is 0.193 e. The van der Waals surface area contributed by atoms with Crippen molar-refractivity contribution in [3.8, 4) is 5.75 Å². The second-order valence-corrected chi connectivity index (χ2v) is 6.10. The van der Waals surface area contributed by atoms with Crippen LogP contribution in [0.2, 0.25) is 0 Å². The Morgan fingerprint density at radius 2 is 2.24 bits per heavy atom. The predicted octanol–water partition coefficient (Wildman–Crippen LogP) is 2.32. The molecule has 1 aromatic rings. The number of halogens is 1. The summed E-state index contributed by atoms with van der Waals surface area (Å²) in [4.78, 5) is 13.3. The predicted molar refractivity (Wildman–Crippen MR) is 114 cm³/mol. The quantitative estimate of drug-likeness (QED) is 0.279. The molecule has 0 aliphatic carbocycles. The number of nitrogens with one attached hydrogen (secondary N) is 1. The Kier molecular flexibility index (Phi) is 10.8. The Morgan fingerprint density at radius 3 is 2.88 bits per heavy atom. The van der Waals surface area contributed by atoms with E-state index in [4.69, 9.17) is 4.74 Å². The van der Waals surface area contributed by atoms with Crippen LogP contribution in [-0.4, -0.2) is 73.7 Å². The fourth-order valence-corrected chi connectivity index (χ4v) is 3.12. The standard InChI is InChI=1S/C18H31N5O.HI/c1-4-22(5-2)14-16-8-11-23(15-16)18(19-3)21-10-12-24-17-7-6-9-20-13-17;/h6-7,9,13,16H,4-5,8,10-12,14-15H2,1-3H3,(H,19,21);1H. The molecule has 1 aliphatic rings. The number of ether oxygens (including phenoxy) is 1. The van der Waals surface area contributed by atoms with Crippen molar-refractivity contribution in [2.24, 2.45) is 10.9 Å². The zero-order valence-electron chi connectivity index (χ0n) is 15.6. The highest BCUT2D eigenvalue weighted by molar-refractivity contribution is 14.0. The smallest absolute Gasteiger partial charge is 0.193 e. The number of hydrogen-bond donors (Lipinski definition) is 1. The minimum Gasteiger partial charge on any atom is -0.490 e. The van der Waals surface area contributed by atoms with Gasteiger partial charge in [0.25, 0.3) is 0 Å². The molecule has 1 fully saturated rings. The van der Waals surface area contributed by atoms with E-state index in [1.54, 1.807) is 12.4 Å². The molecule has 1 atom stereocenters. The molecule has 142 valence electrons. The highest BCUT2D eigenvalue weighted by Crippen LogP contribution is 2.17. The van der Waals surface area contributed by atoms with E-state index in [2.05, 4.69) is 38.9 Å². The maximum absolute atomic E-state index is 5.66. The van der Waals surface area contributed by atoms with Gasteiger partial charge in [0.2, 0.25) is 0 Å². The molecule has 0 aromatic carbocycles. The first-order chi connectivity index (χ1) is 11.8. The summed E-state index contributed by atoms with van der Waals surface area (Å²) in [6.07, 6.45) is 4.71. The van der Waals surface area contributed by atoms with Crippen molar-refractivity contribution in [2.75, 3.05) is 52.9 Å². The summed E-state index contributed by atoms with van der Waals surface area (Å²) >= 11 is 0. The molecule has 0 saturated carbocycles. The molecule has 1 unspecified atom stereocenters. The first kappa shape index (κ1) is 22.0. The van der Waals surface area contributed by atoms with E-state index in [9.17, 15) is 0 Å². The first-order valence-electron chi connectivity index (χ1n) is 8.97. The largest absolute Gasteiger partial charge is 0.490 e. The number of aromatic nitrogens is 1. The lowest BCUT2D eigenvalue weighted by molar-refractivity contribution is 0.255. The summed E-state index contributed by atoms with van der Waals surface area (Å²) < 4.78 is 5.66. The van der Waals surface area contributed by atoms with Crippen molar-refractivity contribution >= 4 is 29.9 Å². The molecule has 0 spiro atoms. The lowest BCUT2D eigenvalue weighted by Crippen LogP contribution is -2.42. The van der Waals surface area contributed by atoms with Gasteiger partial charge in [-0.1, -0.05) is 13.8 Å². The van der Waals surface area contributed by atoms with Gasteiger partial charge in [-0.2, -0.15) is 0 Å². The monoisotopic (exact) mass is 461 g/mol. The van der Waals surface area contributed by atoms with Gasteiger partial charge in [0.1, 0.15) is 12.4 Å². The molecular weight excluding hydrogens is 429 g/mol. The topological polar surface area (TPSA) is 53.0 Å². The van der Waals surface area contributed by atoms with Crippen LogP contribution in [0.4, 0.5) is 0 Å². The molecule has 1 N–H and O–H groups in total. The second kappa shape index (κ2) is 12.3. The Balaban J connectivity index is 0.00000312.